The molecule has 1 aliphatic heterocycles. The zero-order chi connectivity index (χ0) is 7.56. The zero-order valence-electron chi connectivity index (χ0n) is 6.08. The van der Waals surface area contributed by atoms with Crippen LogP contribution in [0.2, 0.25) is 0 Å². The number of carbonyl (C=O) groups excluding carboxylic acids is 1. The minimum absolute atomic E-state index is 0.0431. The molecule has 1 heterocycles. The molecule has 0 amide bonds. The van der Waals surface area contributed by atoms with Crippen LogP contribution in [0.5, 0.6) is 0 Å². The van der Waals surface area contributed by atoms with Crippen molar-refractivity contribution < 1.29 is 9.90 Å². The third-order valence-corrected chi connectivity index (χ3v) is 2.04. The lowest BCUT2D eigenvalue weighted by atomic mass is 9.92. The summed E-state index contributed by atoms with van der Waals surface area (Å²) in [7, 11) is 0. The Morgan fingerprint density at radius 2 is 2.40 bits per heavy atom. The van der Waals surface area contributed by atoms with E-state index >= 15 is 0 Å². The van der Waals surface area contributed by atoms with Gasteiger partial charge in [-0.1, -0.05) is 6.92 Å². The predicted octanol–water partition coefficient (Wildman–Crippen LogP) is -0.456. The first-order chi connectivity index (χ1) is 4.74. The fourth-order valence-corrected chi connectivity index (χ4v) is 1.22. The molecule has 0 bridgehead atoms. The fourth-order valence-electron chi connectivity index (χ4n) is 1.22. The van der Waals surface area contributed by atoms with Crippen LogP contribution < -0.4 is 5.32 Å². The van der Waals surface area contributed by atoms with Crippen LogP contribution in [-0.4, -0.2) is 30.1 Å². The van der Waals surface area contributed by atoms with Crippen LogP contribution in [-0.2, 0) is 4.79 Å². The van der Waals surface area contributed by atoms with Crippen LogP contribution in [0, 0.1) is 5.92 Å². The van der Waals surface area contributed by atoms with Gasteiger partial charge in [0.2, 0.25) is 0 Å². The van der Waals surface area contributed by atoms with Crippen molar-refractivity contribution in [2.24, 2.45) is 5.92 Å². The number of aliphatic hydroxyl groups is 1. The maximum absolute atomic E-state index is 10.3. The summed E-state index contributed by atoms with van der Waals surface area (Å²) in [6.45, 7) is 2.51. The highest BCUT2D eigenvalue weighted by molar-refractivity contribution is 5.57. The van der Waals surface area contributed by atoms with Crippen molar-refractivity contribution in [2.45, 2.75) is 25.5 Å². The molecular formula is C7H13NO2. The Kier molecular flexibility index (Phi) is 2.40. The van der Waals surface area contributed by atoms with Crippen molar-refractivity contribution in [1.29, 1.82) is 0 Å². The Hall–Kier alpha value is -0.410. The van der Waals surface area contributed by atoms with Crippen LogP contribution in [0.25, 0.3) is 0 Å². The molecule has 0 aromatic carbocycles. The molecule has 0 radical (unpaired) electrons. The van der Waals surface area contributed by atoms with Gasteiger partial charge in [0.1, 0.15) is 6.29 Å². The van der Waals surface area contributed by atoms with Gasteiger partial charge in [0, 0.05) is 6.54 Å². The van der Waals surface area contributed by atoms with E-state index < -0.39 is 0 Å². The Morgan fingerprint density at radius 3 is 2.90 bits per heavy atom. The summed E-state index contributed by atoms with van der Waals surface area (Å²) < 4.78 is 0. The van der Waals surface area contributed by atoms with Crippen LogP contribution in [0.1, 0.15) is 13.3 Å². The molecule has 1 fully saturated rings. The number of rotatable bonds is 1. The average molecular weight is 143 g/mol. The molecule has 0 spiro atoms. The molecule has 0 aliphatic carbocycles. The van der Waals surface area contributed by atoms with E-state index in [0.29, 0.717) is 6.54 Å². The van der Waals surface area contributed by atoms with Crippen molar-refractivity contribution in [3.05, 3.63) is 0 Å². The van der Waals surface area contributed by atoms with Crippen LogP contribution in [0.15, 0.2) is 0 Å². The van der Waals surface area contributed by atoms with Gasteiger partial charge in [-0.05, 0) is 12.3 Å². The minimum Gasteiger partial charge on any atom is -0.392 e. The van der Waals surface area contributed by atoms with Gasteiger partial charge in [-0.15, -0.1) is 0 Å². The van der Waals surface area contributed by atoms with E-state index in [1.807, 2.05) is 6.92 Å². The van der Waals surface area contributed by atoms with Gasteiger partial charge in [-0.3, -0.25) is 0 Å². The van der Waals surface area contributed by atoms with E-state index in [1.54, 1.807) is 0 Å². The summed E-state index contributed by atoms with van der Waals surface area (Å²) >= 11 is 0. The summed E-state index contributed by atoms with van der Waals surface area (Å²) in [6, 6.07) is -0.0431. The lowest BCUT2D eigenvalue weighted by Crippen LogP contribution is -2.46. The van der Waals surface area contributed by atoms with Gasteiger partial charge < -0.3 is 15.2 Å². The Balaban J connectivity index is 2.40. The minimum atomic E-state index is -0.281. The van der Waals surface area contributed by atoms with Gasteiger partial charge in [0.25, 0.3) is 0 Å². The molecule has 3 heteroatoms. The lowest BCUT2D eigenvalue weighted by molar-refractivity contribution is -0.111. The molecule has 3 nitrogen and oxygen atoms in total. The summed E-state index contributed by atoms with van der Waals surface area (Å²) in [4.78, 5) is 10.3. The second-order valence-electron chi connectivity index (χ2n) is 2.93. The molecule has 0 aromatic rings. The maximum Gasteiger partial charge on any atom is 0.136 e. The van der Waals surface area contributed by atoms with Crippen molar-refractivity contribution >= 4 is 6.29 Å². The standard InChI is InChI=1S/C7H13NO2/c1-5-2-6(4-9)8-3-7(5)10/h4-8,10H,2-3H2,1H3. The average Bonchev–Trinajstić information content (AvgIpc) is 1.95. The number of aldehydes is 1. The molecule has 3 unspecified atom stereocenters. The normalized spacial score (nSPS) is 41.2. The van der Waals surface area contributed by atoms with Crippen LogP contribution in [0.3, 0.4) is 0 Å². The molecule has 1 aliphatic rings. The lowest BCUT2D eigenvalue weighted by Gasteiger charge is -2.28. The molecule has 58 valence electrons. The van der Waals surface area contributed by atoms with Gasteiger partial charge in [-0.25, -0.2) is 0 Å². The van der Waals surface area contributed by atoms with Gasteiger partial charge in [0.15, 0.2) is 0 Å². The highest BCUT2D eigenvalue weighted by atomic mass is 16.3. The molecule has 0 aromatic heterocycles. The number of nitrogens with one attached hydrogen (secondary N) is 1. The molecule has 0 saturated carbocycles. The van der Waals surface area contributed by atoms with E-state index in [1.165, 1.54) is 0 Å². The Labute approximate surface area is 60.4 Å². The van der Waals surface area contributed by atoms with E-state index in [-0.39, 0.29) is 18.1 Å². The van der Waals surface area contributed by atoms with Crippen molar-refractivity contribution in [2.75, 3.05) is 6.54 Å². The number of aliphatic hydroxyl groups excluding tert-OH is 1. The van der Waals surface area contributed by atoms with Crippen molar-refractivity contribution in [3.8, 4) is 0 Å². The van der Waals surface area contributed by atoms with Gasteiger partial charge >= 0.3 is 0 Å². The van der Waals surface area contributed by atoms with E-state index in [9.17, 15) is 9.90 Å². The number of β-amino-alcohol motifs (C(OH)–C–C–N with tert-alkyl or cyclic N) is 1. The van der Waals surface area contributed by atoms with Gasteiger partial charge in [-0.2, -0.15) is 0 Å². The van der Waals surface area contributed by atoms with Crippen molar-refractivity contribution in [3.63, 3.8) is 0 Å². The zero-order valence-corrected chi connectivity index (χ0v) is 6.08. The summed E-state index contributed by atoms with van der Waals surface area (Å²) in [5.74, 6) is 0.247. The second-order valence-corrected chi connectivity index (χ2v) is 2.93. The van der Waals surface area contributed by atoms with E-state index in [4.69, 9.17) is 0 Å². The second kappa shape index (κ2) is 3.12. The molecule has 10 heavy (non-hydrogen) atoms. The maximum atomic E-state index is 10.3. The number of piperidine rings is 1. The number of carbonyl (C=O) groups is 1. The monoisotopic (exact) mass is 143 g/mol. The first-order valence-electron chi connectivity index (χ1n) is 3.60. The summed E-state index contributed by atoms with van der Waals surface area (Å²) in [5, 5.41) is 12.1. The van der Waals surface area contributed by atoms with E-state index in [0.717, 1.165) is 12.7 Å². The predicted molar refractivity (Wildman–Crippen MR) is 37.6 cm³/mol. The van der Waals surface area contributed by atoms with Crippen LogP contribution >= 0.6 is 0 Å². The Morgan fingerprint density at radius 1 is 1.70 bits per heavy atom. The van der Waals surface area contributed by atoms with Crippen LogP contribution in [0.4, 0.5) is 0 Å². The third-order valence-electron chi connectivity index (χ3n) is 2.04. The highest BCUT2D eigenvalue weighted by Crippen LogP contribution is 2.14. The molecule has 1 saturated heterocycles. The first-order valence-corrected chi connectivity index (χ1v) is 3.60. The summed E-state index contributed by atoms with van der Waals surface area (Å²) in [6.07, 6.45) is 1.38. The highest BCUT2D eigenvalue weighted by Gasteiger charge is 2.24. The fraction of sp³-hybridized carbons (Fsp3) is 0.857. The number of hydrogen-bond donors (Lipinski definition) is 2. The molecular weight excluding hydrogens is 130 g/mol. The smallest absolute Gasteiger partial charge is 0.136 e. The van der Waals surface area contributed by atoms with Crippen molar-refractivity contribution in [1.82, 2.24) is 5.32 Å². The third kappa shape index (κ3) is 1.55. The largest absolute Gasteiger partial charge is 0.392 e. The number of hydrogen-bond acceptors (Lipinski definition) is 3. The molecule has 3 atom stereocenters. The molecule has 1 rings (SSSR count). The first kappa shape index (κ1) is 7.69. The SMILES string of the molecule is CC1CC(C=O)NCC1O. The molecule has 2 N–H and O–H groups in total. The summed E-state index contributed by atoms with van der Waals surface area (Å²) in [5.41, 5.74) is 0. The quantitative estimate of drug-likeness (QED) is 0.488. The van der Waals surface area contributed by atoms with Gasteiger partial charge in [0.05, 0.1) is 12.1 Å². The van der Waals surface area contributed by atoms with E-state index in [2.05, 4.69) is 5.32 Å². The Bertz CT molecular complexity index is 127. The topological polar surface area (TPSA) is 49.3 Å².